The first kappa shape index (κ1) is 10.8. The van der Waals surface area contributed by atoms with Crippen molar-refractivity contribution in [2.24, 2.45) is 0 Å². The summed E-state index contributed by atoms with van der Waals surface area (Å²) < 4.78 is 0. The molecule has 1 aliphatic heterocycles. The van der Waals surface area contributed by atoms with E-state index in [9.17, 15) is 15.3 Å². The Labute approximate surface area is 75.4 Å². The van der Waals surface area contributed by atoms with E-state index in [1.54, 1.807) is 0 Å². The van der Waals surface area contributed by atoms with Gasteiger partial charge in [0, 0.05) is 0 Å². The fourth-order valence-corrected chi connectivity index (χ4v) is 1.47. The van der Waals surface area contributed by atoms with E-state index in [0.29, 0.717) is 0 Å². The maximum absolute atomic E-state index is 9.31. The first-order valence-electron chi connectivity index (χ1n) is 4.13. The van der Waals surface area contributed by atoms with Crippen LogP contribution in [0, 0.1) is 0 Å². The highest BCUT2D eigenvalue weighted by atomic mass is 16.4. The molecule has 0 aromatic heterocycles. The standard InChI is InChI=1S/C7H15NO5/c9-1-3-5(11)7(13)6(12)4(2-10)8-3/h3-13H,1-2H2/t3-,4-,5-,6-/m1/s1. The van der Waals surface area contributed by atoms with Gasteiger partial charge in [0.2, 0.25) is 0 Å². The Kier molecular flexibility index (Phi) is 3.60. The van der Waals surface area contributed by atoms with Crippen LogP contribution in [0.1, 0.15) is 0 Å². The molecule has 6 heteroatoms. The zero-order valence-electron chi connectivity index (χ0n) is 7.04. The summed E-state index contributed by atoms with van der Waals surface area (Å²) in [5.41, 5.74) is 0. The molecule has 0 aromatic carbocycles. The van der Waals surface area contributed by atoms with Crippen LogP contribution in [0.2, 0.25) is 0 Å². The van der Waals surface area contributed by atoms with Crippen molar-refractivity contribution in [2.75, 3.05) is 13.2 Å². The average molecular weight is 193 g/mol. The van der Waals surface area contributed by atoms with Crippen molar-refractivity contribution in [2.45, 2.75) is 30.4 Å². The van der Waals surface area contributed by atoms with Gasteiger partial charge in [-0.3, -0.25) is 0 Å². The first-order valence-corrected chi connectivity index (χ1v) is 4.13. The molecular formula is C7H15NO5. The predicted octanol–water partition coefficient (Wildman–Crippen LogP) is -3.61. The normalized spacial score (nSPS) is 46.4. The summed E-state index contributed by atoms with van der Waals surface area (Å²) in [6.07, 6.45) is -3.78. The third-order valence-electron chi connectivity index (χ3n) is 2.35. The van der Waals surface area contributed by atoms with E-state index >= 15 is 0 Å². The van der Waals surface area contributed by atoms with E-state index in [4.69, 9.17) is 10.2 Å². The number of hydrogen-bond acceptors (Lipinski definition) is 6. The minimum absolute atomic E-state index is 0.360. The van der Waals surface area contributed by atoms with Crippen molar-refractivity contribution in [3.63, 3.8) is 0 Å². The fraction of sp³-hybridized carbons (Fsp3) is 1.00. The summed E-state index contributed by atoms with van der Waals surface area (Å²) in [6, 6.07) is -1.42. The van der Waals surface area contributed by atoms with Crippen molar-refractivity contribution in [1.29, 1.82) is 0 Å². The number of aliphatic hydroxyl groups is 5. The molecule has 0 spiro atoms. The number of rotatable bonds is 2. The Hall–Kier alpha value is -0.240. The molecule has 6 N–H and O–H groups in total. The van der Waals surface area contributed by atoms with Gasteiger partial charge >= 0.3 is 0 Å². The quantitative estimate of drug-likeness (QED) is 0.270. The van der Waals surface area contributed by atoms with Gasteiger partial charge in [-0.25, -0.2) is 0 Å². The molecular weight excluding hydrogens is 178 g/mol. The summed E-state index contributed by atoms with van der Waals surface area (Å²) in [5.74, 6) is 0. The van der Waals surface area contributed by atoms with E-state index in [2.05, 4.69) is 5.32 Å². The summed E-state index contributed by atoms with van der Waals surface area (Å²) in [4.78, 5) is 0. The zero-order valence-corrected chi connectivity index (χ0v) is 7.04. The highest BCUT2D eigenvalue weighted by Gasteiger charge is 2.41. The van der Waals surface area contributed by atoms with Crippen LogP contribution < -0.4 is 5.32 Å². The molecule has 6 nitrogen and oxygen atoms in total. The smallest absolute Gasteiger partial charge is 0.109 e. The summed E-state index contributed by atoms with van der Waals surface area (Å²) in [7, 11) is 0. The van der Waals surface area contributed by atoms with E-state index in [1.165, 1.54) is 0 Å². The molecule has 0 saturated carbocycles. The van der Waals surface area contributed by atoms with Gasteiger partial charge in [-0.15, -0.1) is 0 Å². The van der Waals surface area contributed by atoms with Crippen LogP contribution in [0.4, 0.5) is 0 Å². The van der Waals surface area contributed by atoms with E-state index < -0.39 is 30.4 Å². The number of hydrogen-bond donors (Lipinski definition) is 6. The van der Waals surface area contributed by atoms with Gasteiger partial charge in [0.25, 0.3) is 0 Å². The van der Waals surface area contributed by atoms with Gasteiger partial charge in [-0.2, -0.15) is 0 Å². The number of nitrogens with one attached hydrogen (secondary N) is 1. The Morgan fingerprint density at radius 2 is 1.15 bits per heavy atom. The number of piperidine rings is 1. The van der Waals surface area contributed by atoms with Crippen LogP contribution in [0.15, 0.2) is 0 Å². The third kappa shape index (κ3) is 1.98. The first-order chi connectivity index (χ1) is 6.11. The Morgan fingerprint density at radius 1 is 0.769 bits per heavy atom. The molecule has 13 heavy (non-hydrogen) atoms. The second kappa shape index (κ2) is 4.32. The van der Waals surface area contributed by atoms with Crippen LogP contribution in [0.3, 0.4) is 0 Å². The maximum atomic E-state index is 9.31. The van der Waals surface area contributed by atoms with Crippen LogP contribution >= 0.6 is 0 Å². The predicted molar refractivity (Wildman–Crippen MR) is 42.9 cm³/mol. The molecule has 78 valence electrons. The number of aliphatic hydroxyl groups excluding tert-OH is 5. The minimum atomic E-state index is -1.34. The Bertz CT molecular complexity index is 147. The van der Waals surface area contributed by atoms with Crippen molar-refractivity contribution in [3.8, 4) is 0 Å². The van der Waals surface area contributed by atoms with E-state index in [0.717, 1.165) is 0 Å². The van der Waals surface area contributed by atoms with Gasteiger partial charge in [-0.1, -0.05) is 0 Å². The highest BCUT2D eigenvalue weighted by Crippen LogP contribution is 2.14. The van der Waals surface area contributed by atoms with Crippen LogP contribution in [0.25, 0.3) is 0 Å². The highest BCUT2D eigenvalue weighted by molar-refractivity contribution is 4.97. The van der Waals surface area contributed by atoms with Crippen molar-refractivity contribution in [3.05, 3.63) is 0 Å². The second-order valence-corrected chi connectivity index (χ2v) is 3.22. The molecule has 0 amide bonds. The van der Waals surface area contributed by atoms with Gasteiger partial charge in [-0.05, 0) is 0 Å². The van der Waals surface area contributed by atoms with Gasteiger partial charge < -0.3 is 30.8 Å². The topological polar surface area (TPSA) is 113 Å². The Morgan fingerprint density at radius 3 is 1.46 bits per heavy atom. The lowest BCUT2D eigenvalue weighted by atomic mass is 9.91. The van der Waals surface area contributed by atoms with Crippen LogP contribution in [0.5, 0.6) is 0 Å². The fourth-order valence-electron chi connectivity index (χ4n) is 1.47. The third-order valence-corrected chi connectivity index (χ3v) is 2.35. The summed E-state index contributed by atoms with van der Waals surface area (Å²) in [5, 5.41) is 48.1. The van der Waals surface area contributed by atoms with Gasteiger partial charge in [0.15, 0.2) is 0 Å². The van der Waals surface area contributed by atoms with E-state index in [-0.39, 0.29) is 13.2 Å². The molecule has 4 atom stereocenters. The van der Waals surface area contributed by atoms with Gasteiger partial charge in [0.05, 0.1) is 37.5 Å². The van der Waals surface area contributed by atoms with Gasteiger partial charge in [0.1, 0.15) is 6.10 Å². The van der Waals surface area contributed by atoms with Crippen molar-refractivity contribution >= 4 is 0 Å². The molecule has 0 unspecified atom stereocenters. The zero-order chi connectivity index (χ0) is 10.0. The monoisotopic (exact) mass is 193 g/mol. The molecule has 0 radical (unpaired) electrons. The molecule has 0 aliphatic carbocycles. The molecule has 1 heterocycles. The SMILES string of the molecule is OC[C@H]1N[C@H](CO)[C@@H](O)C(O)[C@@H]1O. The molecule has 1 rings (SSSR count). The van der Waals surface area contributed by atoms with Crippen LogP contribution in [-0.2, 0) is 0 Å². The molecule has 0 aromatic rings. The Balaban J connectivity index is 2.66. The molecule has 1 fully saturated rings. The molecule has 1 aliphatic rings. The maximum Gasteiger partial charge on any atom is 0.109 e. The van der Waals surface area contributed by atoms with E-state index in [1.807, 2.05) is 0 Å². The largest absolute Gasteiger partial charge is 0.395 e. The minimum Gasteiger partial charge on any atom is -0.395 e. The lowest BCUT2D eigenvalue weighted by Gasteiger charge is -2.40. The second-order valence-electron chi connectivity index (χ2n) is 3.22. The summed E-state index contributed by atoms with van der Waals surface area (Å²) in [6.45, 7) is -0.719. The molecule has 0 bridgehead atoms. The lowest BCUT2D eigenvalue weighted by molar-refractivity contribution is -0.125. The van der Waals surface area contributed by atoms with Crippen molar-refractivity contribution in [1.82, 2.24) is 5.32 Å². The molecule has 1 saturated heterocycles. The van der Waals surface area contributed by atoms with Crippen LogP contribution in [-0.4, -0.2) is 69.1 Å². The van der Waals surface area contributed by atoms with Crippen molar-refractivity contribution < 1.29 is 25.5 Å². The lowest BCUT2D eigenvalue weighted by Crippen LogP contribution is -2.66. The average Bonchev–Trinajstić information content (AvgIpc) is 2.15. The summed E-state index contributed by atoms with van der Waals surface area (Å²) >= 11 is 0.